The number of thiophene rings is 1. The van der Waals surface area contributed by atoms with Gasteiger partial charge in [0.2, 0.25) is 0 Å². The molecule has 2 rings (SSSR count). The van der Waals surface area contributed by atoms with Crippen molar-refractivity contribution in [2.75, 3.05) is 0 Å². The molecule has 1 heterocycles. The van der Waals surface area contributed by atoms with Gasteiger partial charge in [0.15, 0.2) is 0 Å². The summed E-state index contributed by atoms with van der Waals surface area (Å²) < 4.78 is 13.7. The highest BCUT2D eigenvalue weighted by Crippen LogP contribution is 2.25. The SMILES string of the molecule is Cc1cc2ccc(F)cc2s1. The minimum absolute atomic E-state index is 0.153. The van der Waals surface area contributed by atoms with Crippen LogP contribution >= 0.6 is 11.3 Å². The van der Waals surface area contributed by atoms with Gasteiger partial charge in [-0.3, -0.25) is 0 Å². The van der Waals surface area contributed by atoms with Crippen molar-refractivity contribution in [1.29, 1.82) is 0 Å². The maximum Gasteiger partial charge on any atom is 0.124 e. The second kappa shape index (κ2) is 2.31. The van der Waals surface area contributed by atoms with E-state index in [0.29, 0.717) is 0 Å². The van der Waals surface area contributed by atoms with E-state index < -0.39 is 0 Å². The van der Waals surface area contributed by atoms with Crippen LogP contribution < -0.4 is 0 Å². The molecule has 0 N–H and O–H groups in total. The van der Waals surface area contributed by atoms with Gasteiger partial charge in [0, 0.05) is 9.58 Å². The summed E-state index contributed by atoms with van der Waals surface area (Å²) >= 11 is 1.63. The molecule has 0 aliphatic carbocycles. The summed E-state index contributed by atoms with van der Waals surface area (Å²) in [6.45, 7) is 2.03. The number of aryl methyl sites for hydroxylation is 1. The number of hydrogen-bond donors (Lipinski definition) is 0. The Morgan fingerprint density at radius 2 is 2.09 bits per heavy atom. The lowest BCUT2D eigenvalue weighted by Gasteiger charge is -1.86. The Kier molecular flexibility index (Phi) is 1.43. The average Bonchev–Trinajstić information content (AvgIpc) is 2.27. The third kappa shape index (κ3) is 1.14. The van der Waals surface area contributed by atoms with Crippen LogP contribution in [0.1, 0.15) is 4.88 Å². The van der Waals surface area contributed by atoms with Crippen molar-refractivity contribution in [2.45, 2.75) is 6.92 Å². The average molecular weight is 166 g/mol. The minimum Gasteiger partial charge on any atom is -0.207 e. The van der Waals surface area contributed by atoms with Crippen LogP contribution in [0.2, 0.25) is 0 Å². The molecule has 11 heavy (non-hydrogen) atoms. The lowest BCUT2D eigenvalue weighted by Crippen LogP contribution is -1.68. The van der Waals surface area contributed by atoms with Crippen molar-refractivity contribution in [3.63, 3.8) is 0 Å². The van der Waals surface area contributed by atoms with Gasteiger partial charge in [0.25, 0.3) is 0 Å². The Hall–Kier alpha value is -0.890. The predicted octanol–water partition coefficient (Wildman–Crippen LogP) is 3.35. The summed E-state index contributed by atoms with van der Waals surface area (Å²) in [6.07, 6.45) is 0. The smallest absolute Gasteiger partial charge is 0.124 e. The van der Waals surface area contributed by atoms with E-state index in [1.165, 1.54) is 10.9 Å². The Morgan fingerprint density at radius 3 is 2.91 bits per heavy atom. The van der Waals surface area contributed by atoms with Crippen LogP contribution in [0.15, 0.2) is 24.3 Å². The van der Waals surface area contributed by atoms with Gasteiger partial charge < -0.3 is 0 Å². The fourth-order valence-corrected chi connectivity index (χ4v) is 2.09. The molecule has 0 fully saturated rings. The zero-order valence-electron chi connectivity index (χ0n) is 6.10. The maximum absolute atomic E-state index is 12.7. The van der Waals surface area contributed by atoms with Gasteiger partial charge in [-0.05, 0) is 30.5 Å². The zero-order valence-corrected chi connectivity index (χ0v) is 6.91. The molecule has 0 spiro atoms. The van der Waals surface area contributed by atoms with Crippen molar-refractivity contribution >= 4 is 21.4 Å². The van der Waals surface area contributed by atoms with E-state index in [1.54, 1.807) is 17.4 Å². The normalized spacial score (nSPS) is 10.7. The van der Waals surface area contributed by atoms with Crippen LogP contribution in [0, 0.1) is 12.7 Å². The lowest BCUT2D eigenvalue weighted by molar-refractivity contribution is 0.630. The molecule has 1 aromatic carbocycles. The molecule has 56 valence electrons. The van der Waals surface area contributed by atoms with Crippen molar-refractivity contribution in [3.8, 4) is 0 Å². The summed E-state index contributed by atoms with van der Waals surface area (Å²) in [4.78, 5) is 1.23. The molecule has 0 nitrogen and oxygen atoms in total. The molecule has 2 heteroatoms. The van der Waals surface area contributed by atoms with E-state index in [-0.39, 0.29) is 5.82 Å². The molecule has 0 unspecified atom stereocenters. The Morgan fingerprint density at radius 1 is 1.27 bits per heavy atom. The molecule has 0 saturated carbocycles. The van der Waals surface area contributed by atoms with Crippen molar-refractivity contribution in [2.24, 2.45) is 0 Å². The van der Waals surface area contributed by atoms with Crippen LogP contribution in [0.3, 0.4) is 0 Å². The first-order valence-corrected chi connectivity index (χ1v) is 4.23. The monoisotopic (exact) mass is 166 g/mol. The summed E-state index contributed by atoms with van der Waals surface area (Å²) in [7, 11) is 0. The van der Waals surface area contributed by atoms with E-state index in [0.717, 1.165) is 10.1 Å². The first-order valence-electron chi connectivity index (χ1n) is 3.41. The largest absolute Gasteiger partial charge is 0.207 e. The highest BCUT2D eigenvalue weighted by atomic mass is 32.1. The standard InChI is InChI=1S/C9H7FS/c1-6-4-7-2-3-8(10)5-9(7)11-6/h2-5H,1H3. The van der Waals surface area contributed by atoms with Crippen LogP contribution in [0.25, 0.3) is 10.1 Å². The number of benzene rings is 1. The molecular weight excluding hydrogens is 159 g/mol. The van der Waals surface area contributed by atoms with Gasteiger partial charge in [-0.1, -0.05) is 6.07 Å². The molecule has 1 aromatic heterocycles. The van der Waals surface area contributed by atoms with Gasteiger partial charge in [0.05, 0.1) is 0 Å². The molecule has 2 aromatic rings. The fraction of sp³-hybridized carbons (Fsp3) is 0.111. The van der Waals surface area contributed by atoms with Crippen LogP contribution in [0.4, 0.5) is 4.39 Å². The number of rotatable bonds is 0. The molecule has 0 amide bonds. The van der Waals surface area contributed by atoms with Gasteiger partial charge >= 0.3 is 0 Å². The molecule has 0 aliphatic rings. The molecular formula is C9H7FS. The number of halogens is 1. The predicted molar refractivity (Wildman–Crippen MR) is 46.5 cm³/mol. The van der Waals surface area contributed by atoms with Crippen LogP contribution in [-0.4, -0.2) is 0 Å². The van der Waals surface area contributed by atoms with Crippen molar-refractivity contribution in [3.05, 3.63) is 35.0 Å². The molecule has 0 bridgehead atoms. The van der Waals surface area contributed by atoms with E-state index >= 15 is 0 Å². The van der Waals surface area contributed by atoms with Gasteiger partial charge in [0.1, 0.15) is 5.82 Å². The molecule has 0 aliphatic heterocycles. The quantitative estimate of drug-likeness (QED) is 0.563. The summed E-state index contributed by atoms with van der Waals surface area (Å²) in [5.41, 5.74) is 0. The van der Waals surface area contributed by atoms with Gasteiger partial charge in [-0.2, -0.15) is 0 Å². The Labute approximate surface area is 68.3 Å². The number of hydrogen-bond acceptors (Lipinski definition) is 1. The van der Waals surface area contributed by atoms with Crippen LogP contribution in [0.5, 0.6) is 0 Å². The zero-order chi connectivity index (χ0) is 7.84. The van der Waals surface area contributed by atoms with E-state index in [4.69, 9.17) is 0 Å². The third-order valence-electron chi connectivity index (χ3n) is 1.61. The highest BCUT2D eigenvalue weighted by molar-refractivity contribution is 7.19. The Balaban J connectivity index is 2.82. The maximum atomic E-state index is 12.7. The topological polar surface area (TPSA) is 0 Å². The van der Waals surface area contributed by atoms with Gasteiger partial charge in [-0.15, -0.1) is 11.3 Å². The number of fused-ring (bicyclic) bond motifs is 1. The molecule has 0 saturated heterocycles. The summed E-state index contributed by atoms with van der Waals surface area (Å²) in [5.74, 6) is -0.153. The van der Waals surface area contributed by atoms with E-state index in [1.807, 2.05) is 13.0 Å². The lowest BCUT2D eigenvalue weighted by atomic mass is 10.2. The van der Waals surface area contributed by atoms with Gasteiger partial charge in [-0.25, -0.2) is 4.39 Å². The molecule has 0 atom stereocenters. The van der Waals surface area contributed by atoms with Crippen molar-refractivity contribution < 1.29 is 4.39 Å². The second-order valence-electron chi connectivity index (χ2n) is 2.54. The first-order chi connectivity index (χ1) is 5.25. The van der Waals surface area contributed by atoms with E-state index in [9.17, 15) is 4.39 Å². The third-order valence-corrected chi connectivity index (χ3v) is 2.62. The second-order valence-corrected chi connectivity index (χ2v) is 3.83. The summed E-state index contributed by atoms with van der Waals surface area (Å²) in [5, 5.41) is 1.13. The highest BCUT2D eigenvalue weighted by Gasteiger charge is 1.98. The van der Waals surface area contributed by atoms with Crippen LogP contribution in [-0.2, 0) is 0 Å². The van der Waals surface area contributed by atoms with E-state index in [2.05, 4.69) is 6.07 Å². The van der Waals surface area contributed by atoms with Crippen molar-refractivity contribution in [1.82, 2.24) is 0 Å². The Bertz CT molecular complexity index is 389. The molecule has 0 radical (unpaired) electrons. The minimum atomic E-state index is -0.153. The first kappa shape index (κ1) is 6.80. The fourth-order valence-electron chi connectivity index (χ4n) is 1.14. The summed E-state index contributed by atoms with van der Waals surface area (Å²) in [6, 6.07) is 6.95.